The molecule has 1 heteroatoms. The minimum Gasteiger partial charge on any atom is -0.256 e. The molecule has 15 heavy (non-hydrogen) atoms. The summed E-state index contributed by atoms with van der Waals surface area (Å²) < 4.78 is 0. The Morgan fingerprint density at radius 2 is 1.80 bits per heavy atom. The molecule has 0 unspecified atom stereocenters. The number of rotatable bonds is 0. The van der Waals surface area contributed by atoms with Gasteiger partial charge in [-0.3, -0.25) is 4.98 Å². The zero-order valence-corrected chi connectivity index (χ0v) is 8.57. The lowest BCUT2D eigenvalue weighted by atomic mass is 10.0. The second kappa shape index (κ2) is 3.06. The maximum atomic E-state index is 4.43. The molecular weight excluding hydrogens is 182 g/mol. The van der Waals surface area contributed by atoms with Gasteiger partial charge in [-0.15, -0.1) is 0 Å². The fourth-order valence-corrected chi connectivity index (χ4v) is 1.98. The lowest BCUT2D eigenvalue weighted by Crippen LogP contribution is -1.82. The number of hydrogen-bond donors (Lipinski definition) is 0. The molecule has 0 saturated heterocycles. The zero-order chi connectivity index (χ0) is 10.3. The molecule has 0 aliphatic carbocycles. The van der Waals surface area contributed by atoms with Gasteiger partial charge < -0.3 is 0 Å². The fraction of sp³-hybridized carbons (Fsp3) is 0.0714. The van der Waals surface area contributed by atoms with Crippen molar-refractivity contribution < 1.29 is 0 Å². The maximum Gasteiger partial charge on any atom is 0.0708 e. The lowest BCUT2D eigenvalue weighted by Gasteiger charge is -2.03. The third kappa shape index (κ3) is 1.28. The van der Waals surface area contributed by atoms with E-state index < -0.39 is 0 Å². The van der Waals surface area contributed by atoms with Gasteiger partial charge in [-0.1, -0.05) is 30.3 Å². The fourth-order valence-electron chi connectivity index (χ4n) is 1.98. The largest absolute Gasteiger partial charge is 0.256 e. The first-order chi connectivity index (χ1) is 7.34. The molecule has 0 atom stereocenters. The molecule has 0 aliphatic rings. The van der Waals surface area contributed by atoms with Crippen molar-refractivity contribution in [2.75, 3.05) is 0 Å². The molecule has 1 aromatic heterocycles. The molecule has 1 heterocycles. The highest BCUT2D eigenvalue weighted by molar-refractivity contribution is 6.06. The number of benzene rings is 2. The van der Waals surface area contributed by atoms with Crippen molar-refractivity contribution in [1.29, 1.82) is 0 Å². The highest BCUT2D eigenvalue weighted by Crippen LogP contribution is 2.24. The summed E-state index contributed by atoms with van der Waals surface area (Å²) in [4.78, 5) is 4.43. The summed E-state index contributed by atoms with van der Waals surface area (Å²) in [6.07, 6.45) is 1.91. The maximum absolute atomic E-state index is 4.43. The van der Waals surface area contributed by atoms with Crippen LogP contribution in [0.4, 0.5) is 0 Å². The first kappa shape index (κ1) is 8.42. The molecule has 0 aliphatic heterocycles. The molecule has 0 N–H and O–H groups in total. The Hall–Kier alpha value is -1.89. The van der Waals surface area contributed by atoms with E-state index in [0.717, 1.165) is 5.52 Å². The standard InChI is InChI=1S/C14H11N/c1-10-8-13-12-5-3-2-4-11(12)6-7-14(13)15-9-10/h2-9H,1H3. The number of aromatic nitrogens is 1. The predicted octanol–water partition coefficient (Wildman–Crippen LogP) is 3.70. The quantitative estimate of drug-likeness (QED) is 0.496. The molecule has 0 spiro atoms. The molecule has 1 nitrogen and oxygen atoms in total. The Balaban J connectivity index is 2.57. The van der Waals surface area contributed by atoms with Crippen LogP contribution in [0.3, 0.4) is 0 Å². The molecule has 0 amide bonds. The predicted molar refractivity (Wildman–Crippen MR) is 64.0 cm³/mol. The highest BCUT2D eigenvalue weighted by atomic mass is 14.6. The summed E-state index contributed by atoms with van der Waals surface area (Å²) >= 11 is 0. The summed E-state index contributed by atoms with van der Waals surface area (Å²) in [6, 6.07) is 14.8. The van der Waals surface area contributed by atoms with Crippen molar-refractivity contribution in [1.82, 2.24) is 4.98 Å². The lowest BCUT2D eigenvalue weighted by molar-refractivity contribution is 1.34. The summed E-state index contributed by atoms with van der Waals surface area (Å²) in [6.45, 7) is 2.08. The van der Waals surface area contributed by atoms with Crippen LogP contribution < -0.4 is 0 Å². The van der Waals surface area contributed by atoms with Gasteiger partial charge in [0.2, 0.25) is 0 Å². The molecule has 3 aromatic rings. The Bertz CT molecular complexity index is 641. The normalized spacial score (nSPS) is 11.0. The third-order valence-electron chi connectivity index (χ3n) is 2.73. The molecule has 3 rings (SSSR count). The number of hydrogen-bond acceptors (Lipinski definition) is 1. The van der Waals surface area contributed by atoms with Gasteiger partial charge in [0.1, 0.15) is 0 Å². The number of aryl methyl sites for hydroxylation is 1. The first-order valence-electron chi connectivity index (χ1n) is 5.09. The first-order valence-corrected chi connectivity index (χ1v) is 5.09. The van der Waals surface area contributed by atoms with Crippen molar-refractivity contribution >= 4 is 21.7 Å². The molecule has 2 aromatic carbocycles. The molecule has 0 bridgehead atoms. The monoisotopic (exact) mass is 193 g/mol. The Kier molecular flexibility index (Phi) is 1.72. The average Bonchev–Trinajstić information content (AvgIpc) is 2.29. The van der Waals surface area contributed by atoms with Crippen LogP contribution in [0, 0.1) is 6.92 Å². The van der Waals surface area contributed by atoms with E-state index in [2.05, 4.69) is 54.4 Å². The van der Waals surface area contributed by atoms with Crippen LogP contribution in [0.1, 0.15) is 5.56 Å². The van der Waals surface area contributed by atoms with Gasteiger partial charge in [0.15, 0.2) is 0 Å². The van der Waals surface area contributed by atoms with Crippen molar-refractivity contribution in [2.45, 2.75) is 6.92 Å². The van der Waals surface area contributed by atoms with Crippen LogP contribution >= 0.6 is 0 Å². The van der Waals surface area contributed by atoms with E-state index in [1.165, 1.54) is 21.7 Å². The smallest absolute Gasteiger partial charge is 0.0708 e. The van der Waals surface area contributed by atoms with Crippen molar-refractivity contribution in [2.24, 2.45) is 0 Å². The van der Waals surface area contributed by atoms with Crippen molar-refractivity contribution in [3.05, 3.63) is 54.2 Å². The van der Waals surface area contributed by atoms with E-state index in [1.54, 1.807) is 0 Å². The van der Waals surface area contributed by atoms with Crippen LogP contribution in [0.2, 0.25) is 0 Å². The van der Waals surface area contributed by atoms with Gasteiger partial charge >= 0.3 is 0 Å². The van der Waals surface area contributed by atoms with E-state index in [0.29, 0.717) is 0 Å². The second-order valence-corrected chi connectivity index (χ2v) is 3.87. The van der Waals surface area contributed by atoms with Crippen LogP contribution in [-0.4, -0.2) is 4.98 Å². The molecule has 72 valence electrons. The van der Waals surface area contributed by atoms with E-state index >= 15 is 0 Å². The van der Waals surface area contributed by atoms with E-state index in [9.17, 15) is 0 Å². The molecule has 0 saturated carbocycles. The van der Waals surface area contributed by atoms with E-state index in [4.69, 9.17) is 0 Å². The van der Waals surface area contributed by atoms with Gasteiger partial charge in [0.25, 0.3) is 0 Å². The van der Waals surface area contributed by atoms with Gasteiger partial charge in [-0.2, -0.15) is 0 Å². The molecule has 0 fully saturated rings. The Morgan fingerprint density at radius 3 is 2.73 bits per heavy atom. The highest BCUT2D eigenvalue weighted by Gasteiger charge is 2.00. The van der Waals surface area contributed by atoms with Crippen molar-refractivity contribution in [3.63, 3.8) is 0 Å². The van der Waals surface area contributed by atoms with Gasteiger partial charge in [-0.25, -0.2) is 0 Å². The average molecular weight is 193 g/mol. The summed E-state index contributed by atoms with van der Waals surface area (Å²) in [5, 5.41) is 3.80. The number of fused-ring (bicyclic) bond motifs is 3. The number of nitrogens with zero attached hydrogens (tertiary/aromatic N) is 1. The van der Waals surface area contributed by atoms with E-state index in [-0.39, 0.29) is 0 Å². The minimum atomic E-state index is 1.07. The SMILES string of the molecule is Cc1cnc2ccc3ccccc3c2c1. The minimum absolute atomic E-state index is 1.07. The summed E-state index contributed by atoms with van der Waals surface area (Å²) in [5.74, 6) is 0. The topological polar surface area (TPSA) is 12.9 Å². The van der Waals surface area contributed by atoms with Crippen LogP contribution in [0.5, 0.6) is 0 Å². The number of pyridine rings is 1. The van der Waals surface area contributed by atoms with Crippen molar-refractivity contribution in [3.8, 4) is 0 Å². The second-order valence-electron chi connectivity index (χ2n) is 3.87. The molecular formula is C14H11N. The van der Waals surface area contributed by atoms with Gasteiger partial charge in [0.05, 0.1) is 5.52 Å². The summed E-state index contributed by atoms with van der Waals surface area (Å²) in [7, 11) is 0. The van der Waals surface area contributed by atoms with Crippen LogP contribution in [0.25, 0.3) is 21.7 Å². The Labute approximate surface area is 88.4 Å². The van der Waals surface area contributed by atoms with Crippen LogP contribution in [-0.2, 0) is 0 Å². The van der Waals surface area contributed by atoms with Gasteiger partial charge in [-0.05, 0) is 35.4 Å². The summed E-state index contributed by atoms with van der Waals surface area (Å²) in [5.41, 5.74) is 2.28. The Morgan fingerprint density at radius 1 is 0.933 bits per heavy atom. The van der Waals surface area contributed by atoms with E-state index in [1.807, 2.05) is 6.20 Å². The van der Waals surface area contributed by atoms with Gasteiger partial charge in [0, 0.05) is 11.6 Å². The van der Waals surface area contributed by atoms with Crippen LogP contribution in [0.15, 0.2) is 48.7 Å². The zero-order valence-electron chi connectivity index (χ0n) is 8.57. The third-order valence-corrected chi connectivity index (χ3v) is 2.73. The molecule has 0 radical (unpaired) electrons.